The van der Waals surface area contributed by atoms with Crippen LogP contribution < -0.4 is 0 Å². The van der Waals surface area contributed by atoms with Gasteiger partial charge in [0.25, 0.3) is 0 Å². The van der Waals surface area contributed by atoms with E-state index in [0.29, 0.717) is 6.61 Å². The lowest BCUT2D eigenvalue weighted by atomic mass is 10.2. The van der Waals surface area contributed by atoms with Gasteiger partial charge in [-0.1, -0.05) is 11.2 Å². The average Bonchev–Trinajstić information content (AvgIpc) is 2.14. The lowest BCUT2D eigenvalue weighted by molar-refractivity contribution is 0.0224. The monoisotopic (exact) mass is 187 g/mol. The first-order valence-electron chi connectivity index (χ1n) is 3.78. The summed E-state index contributed by atoms with van der Waals surface area (Å²) in [6.07, 6.45) is 0.551. The molecule has 0 heterocycles. The maximum Gasteiger partial charge on any atom is 0.0886 e. The van der Waals surface area contributed by atoms with Crippen molar-refractivity contribution < 1.29 is 14.9 Å². The van der Waals surface area contributed by atoms with Gasteiger partial charge in [-0.3, -0.25) is 0 Å². The maximum absolute atomic E-state index is 9.28. The van der Waals surface area contributed by atoms with E-state index in [0.717, 1.165) is 0 Å². The largest absolute Gasteiger partial charge is 0.396 e. The van der Waals surface area contributed by atoms with E-state index in [1.54, 1.807) is 0 Å². The summed E-state index contributed by atoms with van der Waals surface area (Å²) >= 11 is 0. The molecule has 0 fully saturated rings. The molecule has 2 atom stereocenters. The zero-order valence-corrected chi connectivity index (χ0v) is 7.20. The summed E-state index contributed by atoms with van der Waals surface area (Å²) in [5.74, 6) is 0. The van der Waals surface area contributed by atoms with Crippen LogP contribution >= 0.6 is 0 Å². The molecule has 0 aliphatic heterocycles. The van der Waals surface area contributed by atoms with Gasteiger partial charge in [0.1, 0.15) is 0 Å². The van der Waals surface area contributed by atoms with Crippen LogP contribution in [0.4, 0.5) is 0 Å². The summed E-state index contributed by atoms with van der Waals surface area (Å²) in [6, 6.07) is -0.852. The summed E-state index contributed by atoms with van der Waals surface area (Å²) in [7, 11) is 0. The Morgan fingerprint density at radius 3 is 2.85 bits per heavy atom. The Morgan fingerprint density at radius 1 is 1.69 bits per heavy atom. The zero-order valence-electron chi connectivity index (χ0n) is 7.20. The van der Waals surface area contributed by atoms with Crippen LogP contribution in [0.2, 0.25) is 0 Å². The molecule has 13 heavy (non-hydrogen) atoms. The van der Waals surface area contributed by atoms with Crippen molar-refractivity contribution in [2.24, 2.45) is 5.11 Å². The highest BCUT2D eigenvalue weighted by Gasteiger charge is 2.16. The lowest BCUT2D eigenvalue weighted by Crippen LogP contribution is -2.31. The Morgan fingerprint density at radius 2 is 2.38 bits per heavy atom. The van der Waals surface area contributed by atoms with Crippen LogP contribution in [0, 0.1) is 0 Å². The molecular formula is C7H13N3O3. The summed E-state index contributed by atoms with van der Waals surface area (Å²) in [5.41, 5.74) is 8.07. The minimum absolute atomic E-state index is 0.0102. The number of hydrogen-bond acceptors (Lipinski definition) is 4. The maximum atomic E-state index is 9.28. The fraction of sp³-hybridized carbons (Fsp3) is 0.714. The summed E-state index contributed by atoms with van der Waals surface area (Å²) in [5, 5.41) is 21.2. The van der Waals surface area contributed by atoms with E-state index in [2.05, 4.69) is 16.6 Å². The molecule has 0 unspecified atom stereocenters. The van der Waals surface area contributed by atoms with Crippen LogP contribution in [0.25, 0.3) is 10.4 Å². The van der Waals surface area contributed by atoms with Gasteiger partial charge in [0, 0.05) is 4.91 Å². The fourth-order valence-corrected chi connectivity index (χ4v) is 0.685. The van der Waals surface area contributed by atoms with E-state index >= 15 is 0 Å². The first-order chi connectivity index (χ1) is 6.26. The van der Waals surface area contributed by atoms with Gasteiger partial charge in [-0.05, 0) is 5.53 Å². The highest BCUT2D eigenvalue weighted by atomic mass is 16.5. The highest BCUT2D eigenvalue weighted by Crippen LogP contribution is 1.99. The minimum Gasteiger partial charge on any atom is -0.396 e. The number of hydrogen-bond donors (Lipinski definition) is 2. The van der Waals surface area contributed by atoms with E-state index in [1.165, 1.54) is 6.08 Å². The molecule has 0 rings (SSSR count). The van der Waals surface area contributed by atoms with E-state index in [9.17, 15) is 5.11 Å². The van der Waals surface area contributed by atoms with Gasteiger partial charge in [0.15, 0.2) is 0 Å². The Labute approximate surface area is 76.1 Å². The number of aliphatic hydroxyl groups excluding tert-OH is 2. The Bertz CT molecular complexity index is 191. The third kappa shape index (κ3) is 5.21. The first-order valence-corrected chi connectivity index (χ1v) is 3.78. The van der Waals surface area contributed by atoms with Gasteiger partial charge < -0.3 is 14.9 Å². The Balaban J connectivity index is 3.82. The van der Waals surface area contributed by atoms with Gasteiger partial charge in [-0.25, -0.2) is 0 Å². The zero-order chi connectivity index (χ0) is 10.1. The van der Waals surface area contributed by atoms with Crippen molar-refractivity contribution in [3.05, 3.63) is 23.1 Å². The van der Waals surface area contributed by atoms with Crippen molar-refractivity contribution >= 4 is 0 Å². The summed E-state index contributed by atoms with van der Waals surface area (Å²) in [4.78, 5) is 2.49. The van der Waals surface area contributed by atoms with E-state index in [1.807, 2.05) is 0 Å². The number of azide groups is 1. The van der Waals surface area contributed by atoms with Gasteiger partial charge in [0.05, 0.1) is 32.0 Å². The van der Waals surface area contributed by atoms with E-state index in [-0.39, 0.29) is 6.61 Å². The van der Waals surface area contributed by atoms with Crippen molar-refractivity contribution in [3.8, 4) is 0 Å². The quantitative estimate of drug-likeness (QED) is 0.196. The van der Waals surface area contributed by atoms with Gasteiger partial charge >= 0.3 is 0 Å². The van der Waals surface area contributed by atoms with Crippen LogP contribution in [0.15, 0.2) is 17.8 Å². The molecule has 0 aliphatic rings. The normalized spacial score (nSPS) is 14.3. The molecule has 0 aromatic carbocycles. The van der Waals surface area contributed by atoms with E-state index in [4.69, 9.17) is 15.4 Å². The number of nitrogens with zero attached hydrogens (tertiary/aromatic N) is 3. The van der Waals surface area contributed by atoms with Crippen molar-refractivity contribution in [1.82, 2.24) is 0 Å². The van der Waals surface area contributed by atoms with Crippen molar-refractivity contribution in [2.45, 2.75) is 12.1 Å². The predicted octanol–water partition coefficient (Wildman–Crippen LogP) is 0.221. The van der Waals surface area contributed by atoms with Crippen molar-refractivity contribution in [2.75, 3.05) is 19.8 Å². The van der Waals surface area contributed by atoms with E-state index < -0.39 is 18.8 Å². The third-order valence-electron chi connectivity index (χ3n) is 1.36. The number of ether oxygens (including phenoxy) is 1. The topological polar surface area (TPSA) is 98.5 Å². The minimum atomic E-state index is -0.985. The molecule has 0 saturated carbocycles. The van der Waals surface area contributed by atoms with Gasteiger partial charge in [-0.15, -0.1) is 6.58 Å². The Hall–Kier alpha value is -1.07. The van der Waals surface area contributed by atoms with Crippen molar-refractivity contribution in [3.63, 3.8) is 0 Å². The fourth-order valence-electron chi connectivity index (χ4n) is 0.685. The second-order valence-corrected chi connectivity index (χ2v) is 2.35. The first kappa shape index (κ1) is 11.9. The third-order valence-corrected chi connectivity index (χ3v) is 1.36. The number of rotatable bonds is 7. The van der Waals surface area contributed by atoms with Gasteiger partial charge in [0.2, 0.25) is 0 Å². The molecule has 0 saturated heterocycles. The van der Waals surface area contributed by atoms with Crippen LogP contribution in [-0.4, -0.2) is 42.2 Å². The van der Waals surface area contributed by atoms with Crippen LogP contribution in [0.3, 0.4) is 0 Å². The molecule has 0 amide bonds. The van der Waals surface area contributed by atoms with Crippen molar-refractivity contribution in [1.29, 1.82) is 0 Å². The van der Waals surface area contributed by atoms with Gasteiger partial charge in [-0.2, -0.15) is 0 Å². The van der Waals surface area contributed by atoms with Crippen LogP contribution in [0.1, 0.15) is 0 Å². The highest BCUT2D eigenvalue weighted by molar-refractivity contribution is 4.75. The Kier molecular flexibility index (Phi) is 6.95. The molecule has 74 valence electrons. The predicted molar refractivity (Wildman–Crippen MR) is 47.0 cm³/mol. The SMILES string of the molecule is C=CCOC[C@H](O)[C@H](CO)N=[N+]=[N-]. The molecule has 6 nitrogen and oxygen atoms in total. The molecule has 0 bridgehead atoms. The second-order valence-electron chi connectivity index (χ2n) is 2.35. The molecular weight excluding hydrogens is 174 g/mol. The average molecular weight is 187 g/mol. The standard InChI is InChI=1S/C7H13N3O3/c1-2-3-13-5-7(12)6(4-11)9-10-8/h2,6-7,11-12H,1,3-5H2/t6-,7-/m0/s1. The smallest absolute Gasteiger partial charge is 0.0886 e. The second kappa shape index (κ2) is 7.57. The lowest BCUT2D eigenvalue weighted by Gasteiger charge is -2.15. The molecule has 0 aliphatic carbocycles. The molecule has 0 spiro atoms. The molecule has 0 radical (unpaired) electrons. The molecule has 6 heteroatoms. The summed E-state index contributed by atoms with van der Waals surface area (Å²) in [6.45, 7) is 3.34. The molecule has 0 aromatic rings. The summed E-state index contributed by atoms with van der Waals surface area (Å²) < 4.78 is 4.91. The number of aliphatic hydroxyl groups is 2. The van der Waals surface area contributed by atoms with Crippen LogP contribution in [-0.2, 0) is 4.74 Å². The molecule has 0 aromatic heterocycles. The molecule has 2 N–H and O–H groups in total. The van der Waals surface area contributed by atoms with Crippen LogP contribution in [0.5, 0.6) is 0 Å².